The van der Waals surface area contributed by atoms with Gasteiger partial charge in [0.25, 0.3) is 0 Å². The van der Waals surface area contributed by atoms with Gasteiger partial charge in [0.05, 0.1) is 13.2 Å². The van der Waals surface area contributed by atoms with Gasteiger partial charge in [0.1, 0.15) is 0 Å². The van der Waals surface area contributed by atoms with Crippen molar-refractivity contribution in [2.45, 2.75) is 6.29 Å². The average Bonchev–Trinajstić information content (AvgIpc) is 2.14. The molecule has 0 aromatic heterocycles. The van der Waals surface area contributed by atoms with Crippen molar-refractivity contribution in [2.24, 2.45) is 0 Å². The van der Waals surface area contributed by atoms with E-state index in [0.717, 1.165) is 0 Å². The fourth-order valence-electron chi connectivity index (χ4n) is 0.455. The van der Waals surface area contributed by atoms with Crippen LogP contribution in [0.3, 0.4) is 0 Å². The molecule has 0 spiro atoms. The van der Waals surface area contributed by atoms with Gasteiger partial charge in [-0.2, -0.15) is 0 Å². The van der Waals surface area contributed by atoms with Gasteiger partial charge < -0.3 is 9.47 Å². The van der Waals surface area contributed by atoms with Gasteiger partial charge in [0, 0.05) is 5.37 Å². The lowest BCUT2D eigenvalue weighted by atomic mass is 10.8. The lowest BCUT2D eigenvalue weighted by molar-refractivity contribution is 0.0205. The first-order valence-electron chi connectivity index (χ1n) is 2.12. The molecule has 1 aliphatic heterocycles. The van der Waals surface area contributed by atoms with E-state index in [1.54, 1.807) is 0 Å². The molecule has 1 saturated heterocycles. The van der Waals surface area contributed by atoms with Gasteiger partial charge in [-0.25, -0.2) is 0 Å². The molecule has 0 atom stereocenters. The number of hydrogen-bond acceptors (Lipinski definition) is 3. The zero-order chi connectivity index (χ0) is 5.11. The van der Waals surface area contributed by atoms with Crippen LogP contribution in [0.25, 0.3) is 0 Å². The monoisotopic (exact) mass is 118 g/mol. The maximum atomic E-state index is 4.92. The van der Waals surface area contributed by atoms with Crippen molar-refractivity contribution in [1.82, 2.24) is 0 Å². The maximum absolute atomic E-state index is 4.92. The van der Waals surface area contributed by atoms with Crippen LogP contribution in [0, 0.1) is 0 Å². The first kappa shape index (κ1) is 5.15. The van der Waals surface area contributed by atoms with Crippen LogP contribution >= 0.6 is 12.2 Å². The number of rotatable bonds is 1. The number of hydrogen-bond donors (Lipinski definition) is 0. The zero-order valence-corrected chi connectivity index (χ0v) is 4.61. The standard InChI is InChI=1S/C4H6O2S/c7-3-4-5-1-2-6-4/h3-4H,1-2H2. The molecule has 0 aromatic rings. The Morgan fingerprint density at radius 2 is 2.00 bits per heavy atom. The molecule has 1 aliphatic rings. The summed E-state index contributed by atoms with van der Waals surface area (Å²) in [6, 6.07) is 0. The molecular weight excluding hydrogens is 112 g/mol. The summed E-state index contributed by atoms with van der Waals surface area (Å²) in [7, 11) is 0. The Balaban J connectivity index is 2.26. The van der Waals surface area contributed by atoms with Crippen LogP contribution in [-0.2, 0) is 9.47 Å². The minimum absolute atomic E-state index is 0.213. The van der Waals surface area contributed by atoms with Crippen LogP contribution in [-0.4, -0.2) is 24.9 Å². The maximum Gasteiger partial charge on any atom is 0.187 e. The second-order valence-electron chi connectivity index (χ2n) is 1.25. The van der Waals surface area contributed by atoms with Gasteiger partial charge in [-0.05, 0) is 0 Å². The van der Waals surface area contributed by atoms with Crippen LogP contribution in [0.1, 0.15) is 0 Å². The summed E-state index contributed by atoms with van der Waals surface area (Å²) in [6.45, 7) is 1.36. The van der Waals surface area contributed by atoms with E-state index in [1.165, 1.54) is 5.37 Å². The van der Waals surface area contributed by atoms with Gasteiger partial charge in [-0.1, -0.05) is 12.2 Å². The summed E-state index contributed by atoms with van der Waals surface area (Å²) < 4.78 is 9.84. The van der Waals surface area contributed by atoms with E-state index in [4.69, 9.17) is 9.47 Å². The smallest absolute Gasteiger partial charge is 0.187 e. The molecule has 1 rings (SSSR count). The third-order valence-corrected chi connectivity index (χ3v) is 0.981. The largest absolute Gasteiger partial charge is 0.346 e. The molecule has 40 valence electrons. The summed E-state index contributed by atoms with van der Waals surface area (Å²) in [5.41, 5.74) is 0. The molecule has 0 amide bonds. The first-order chi connectivity index (χ1) is 3.43. The fraction of sp³-hybridized carbons (Fsp3) is 0.750. The predicted octanol–water partition coefficient (Wildman–Crippen LogP) is 0.359. The summed E-state index contributed by atoms with van der Waals surface area (Å²) in [4.78, 5) is 0. The molecule has 0 bridgehead atoms. The Morgan fingerprint density at radius 3 is 2.29 bits per heavy atom. The molecule has 0 aromatic carbocycles. The van der Waals surface area contributed by atoms with Gasteiger partial charge in [0.2, 0.25) is 0 Å². The highest BCUT2D eigenvalue weighted by molar-refractivity contribution is 7.79. The van der Waals surface area contributed by atoms with E-state index in [-0.39, 0.29) is 6.29 Å². The lowest BCUT2D eigenvalue weighted by Crippen LogP contribution is -2.05. The molecule has 0 saturated carbocycles. The summed E-state index contributed by atoms with van der Waals surface area (Å²) in [5, 5.41) is 1.48. The van der Waals surface area contributed by atoms with E-state index in [2.05, 4.69) is 12.2 Å². The van der Waals surface area contributed by atoms with Gasteiger partial charge >= 0.3 is 0 Å². The third-order valence-electron chi connectivity index (χ3n) is 0.759. The van der Waals surface area contributed by atoms with Crippen molar-refractivity contribution in [3.05, 3.63) is 0 Å². The Labute approximate surface area is 47.4 Å². The molecule has 0 N–H and O–H groups in total. The highest BCUT2D eigenvalue weighted by Gasteiger charge is 2.10. The molecule has 1 fully saturated rings. The quantitative estimate of drug-likeness (QED) is 0.463. The molecule has 3 heteroatoms. The summed E-state index contributed by atoms with van der Waals surface area (Å²) in [5.74, 6) is 0. The highest BCUT2D eigenvalue weighted by Crippen LogP contribution is 1.99. The molecule has 1 heterocycles. The second kappa shape index (κ2) is 2.35. The minimum atomic E-state index is -0.213. The molecular formula is C4H6O2S. The molecule has 0 aliphatic carbocycles. The van der Waals surface area contributed by atoms with Crippen molar-refractivity contribution in [3.63, 3.8) is 0 Å². The SMILES string of the molecule is S=CC1OCCO1. The van der Waals surface area contributed by atoms with Crippen LogP contribution < -0.4 is 0 Å². The van der Waals surface area contributed by atoms with Crippen molar-refractivity contribution in [2.75, 3.05) is 13.2 Å². The van der Waals surface area contributed by atoms with Gasteiger partial charge in [-0.15, -0.1) is 0 Å². The van der Waals surface area contributed by atoms with Crippen molar-refractivity contribution >= 4 is 17.6 Å². The third kappa shape index (κ3) is 1.19. The average molecular weight is 118 g/mol. The Kier molecular flexibility index (Phi) is 1.73. The first-order valence-corrected chi connectivity index (χ1v) is 2.59. The van der Waals surface area contributed by atoms with Crippen LogP contribution in [0.5, 0.6) is 0 Å². The molecule has 0 unspecified atom stereocenters. The highest BCUT2D eigenvalue weighted by atomic mass is 32.1. The van der Waals surface area contributed by atoms with Crippen LogP contribution in [0.2, 0.25) is 0 Å². The second-order valence-corrected chi connectivity index (χ2v) is 1.52. The fourth-order valence-corrected chi connectivity index (χ4v) is 0.612. The summed E-state index contributed by atoms with van der Waals surface area (Å²) in [6.07, 6.45) is -0.213. The minimum Gasteiger partial charge on any atom is -0.346 e. The van der Waals surface area contributed by atoms with E-state index in [1.807, 2.05) is 0 Å². The molecule has 2 nitrogen and oxygen atoms in total. The van der Waals surface area contributed by atoms with Gasteiger partial charge in [0.15, 0.2) is 6.29 Å². The van der Waals surface area contributed by atoms with Crippen LogP contribution in [0.15, 0.2) is 0 Å². The Hall–Kier alpha value is 0.0100. The summed E-state index contributed by atoms with van der Waals surface area (Å²) >= 11 is 4.54. The zero-order valence-electron chi connectivity index (χ0n) is 3.79. The topological polar surface area (TPSA) is 18.5 Å². The number of ether oxygens (including phenoxy) is 2. The van der Waals surface area contributed by atoms with Crippen LogP contribution in [0.4, 0.5) is 0 Å². The van der Waals surface area contributed by atoms with E-state index >= 15 is 0 Å². The van der Waals surface area contributed by atoms with E-state index in [9.17, 15) is 0 Å². The van der Waals surface area contributed by atoms with Gasteiger partial charge in [-0.3, -0.25) is 0 Å². The number of thiocarbonyl (C=S) groups is 1. The van der Waals surface area contributed by atoms with Crippen molar-refractivity contribution in [3.8, 4) is 0 Å². The Bertz CT molecular complexity index is 68.1. The molecule has 7 heavy (non-hydrogen) atoms. The lowest BCUT2D eigenvalue weighted by Gasteiger charge is -1.95. The van der Waals surface area contributed by atoms with E-state index < -0.39 is 0 Å². The van der Waals surface area contributed by atoms with Crippen molar-refractivity contribution in [1.29, 1.82) is 0 Å². The van der Waals surface area contributed by atoms with E-state index in [0.29, 0.717) is 13.2 Å². The Morgan fingerprint density at radius 1 is 1.43 bits per heavy atom. The normalized spacial score (nSPS) is 22.9. The van der Waals surface area contributed by atoms with Crippen molar-refractivity contribution < 1.29 is 9.47 Å². The molecule has 0 radical (unpaired) electrons. The predicted molar refractivity (Wildman–Crippen MR) is 29.3 cm³/mol.